The van der Waals surface area contributed by atoms with Gasteiger partial charge in [0.15, 0.2) is 11.4 Å². The van der Waals surface area contributed by atoms with Gasteiger partial charge in [0.05, 0.1) is 16.7 Å². The first kappa shape index (κ1) is 20.5. The molecule has 0 unspecified atom stereocenters. The lowest BCUT2D eigenvalue weighted by Gasteiger charge is -2.11. The Labute approximate surface area is 173 Å². The van der Waals surface area contributed by atoms with Crippen molar-refractivity contribution in [2.45, 2.75) is 19.0 Å². The highest BCUT2D eigenvalue weighted by atomic mass is 19.4. The number of aryl methyl sites for hydroxylation is 1. The quantitative estimate of drug-likeness (QED) is 0.360. The Morgan fingerprint density at radius 1 is 1.13 bits per heavy atom. The van der Waals surface area contributed by atoms with E-state index in [9.17, 15) is 22.4 Å². The largest absolute Gasteiger partial charge is 0.435 e. The molecule has 2 aromatic heterocycles. The normalized spacial score (nSPS) is 11.7. The van der Waals surface area contributed by atoms with Crippen molar-refractivity contribution < 1.29 is 22.4 Å². The number of para-hydroxylation sites is 2. The van der Waals surface area contributed by atoms with Crippen LogP contribution in [-0.4, -0.2) is 37.4 Å². The summed E-state index contributed by atoms with van der Waals surface area (Å²) < 4.78 is 54.7. The minimum absolute atomic E-state index is 0.111. The van der Waals surface area contributed by atoms with Crippen LogP contribution in [0.25, 0.3) is 16.7 Å². The first-order valence-electron chi connectivity index (χ1n) is 9.33. The maximum Gasteiger partial charge on any atom is 0.435 e. The van der Waals surface area contributed by atoms with E-state index in [0.717, 1.165) is 23.2 Å². The van der Waals surface area contributed by atoms with Gasteiger partial charge >= 0.3 is 6.18 Å². The van der Waals surface area contributed by atoms with E-state index in [1.807, 2.05) is 24.3 Å². The van der Waals surface area contributed by atoms with Crippen LogP contribution in [0.5, 0.6) is 0 Å². The summed E-state index contributed by atoms with van der Waals surface area (Å²) in [6.07, 6.45) is -3.97. The number of rotatable bonds is 6. The highest BCUT2D eigenvalue weighted by molar-refractivity contribution is 5.93. The van der Waals surface area contributed by atoms with Gasteiger partial charge in [0.2, 0.25) is 0 Å². The summed E-state index contributed by atoms with van der Waals surface area (Å²) in [5, 5.41) is 9.23. The second kappa shape index (κ2) is 8.17. The smallest absolute Gasteiger partial charge is 0.351 e. The molecule has 0 atom stereocenters. The molecule has 0 spiro atoms. The fourth-order valence-electron chi connectivity index (χ4n) is 3.14. The average Bonchev–Trinajstić information content (AvgIpc) is 3.35. The number of alkyl halides is 3. The van der Waals surface area contributed by atoms with Gasteiger partial charge in [-0.15, -0.1) is 5.10 Å². The van der Waals surface area contributed by atoms with Gasteiger partial charge in [-0.2, -0.15) is 13.2 Å². The van der Waals surface area contributed by atoms with Crippen molar-refractivity contribution in [3.63, 3.8) is 0 Å². The predicted molar refractivity (Wildman–Crippen MR) is 103 cm³/mol. The van der Waals surface area contributed by atoms with Crippen molar-refractivity contribution in [2.24, 2.45) is 0 Å². The van der Waals surface area contributed by atoms with Crippen molar-refractivity contribution in [3.8, 4) is 5.69 Å². The Balaban J connectivity index is 1.45. The van der Waals surface area contributed by atoms with E-state index in [2.05, 4.69) is 25.6 Å². The summed E-state index contributed by atoms with van der Waals surface area (Å²) in [6.45, 7) is 0.111. The number of benzene rings is 2. The van der Waals surface area contributed by atoms with E-state index >= 15 is 0 Å². The summed E-state index contributed by atoms with van der Waals surface area (Å²) in [4.78, 5) is 19.9. The van der Waals surface area contributed by atoms with Gasteiger partial charge in [0.25, 0.3) is 5.91 Å². The molecule has 0 bridgehead atoms. The van der Waals surface area contributed by atoms with E-state index in [1.54, 1.807) is 0 Å². The molecule has 2 N–H and O–H groups in total. The summed E-state index contributed by atoms with van der Waals surface area (Å²) in [6, 6.07) is 11.9. The monoisotopic (exact) mass is 432 g/mol. The van der Waals surface area contributed by atoms with Crippen molar-refractivity contribution in [1.29, 1.82) is 0 Å². The van der Waals surface area contributed by atoms with Crippen molar-refractivity contribution in [1.82, 2.24) is 30.3 Å². The number of fused-ring (bicyclic) bond motifs is 1. The van der Waals surface area contributed by atoms with E-state index in [4.69, 9.17) is 0 Å². The first-order valence-corrected chi connectivity index (χ1v) is 9.33. The number of aromatic nitrogens is 5. The Hall–Kier alpha value is -3.76. The van der Waals surface area contributed by atoms with Crippen LogP contribution >= 0.6 is 0 Å². The standard InChI is InChI=1S/C20H16F4N6O/c21-12-5-3-6-13(11-12)30-18(20(22,23)24)17(28-29-30)19(31)25-10-4-9-16-26-14-7-1-2-8-15(14)27-16/h1-3,5-8,11H,4,9-10H2,(H,25,31)(H,26,27). The molecule has 0 aliphatic heterocycles. The third-order valence-corrected chi connectivity index (χ3v) is 4.52. The zero-order chi connectivity index (χ0) is 22.0. The lowest BCUT2D eigenvalue weighted by molar-refractivity contribution is -0.143. The van der Waals surface area contributed by atoms with Gasteiger partial charge in [0.1, 0.15) is 11.6 Å². The maximum atomic E-state index is 13.6. The maximum absolute atomic E-state index is 13.6. The Morgan fingerprint density at radius 3 is 2.68 bits per heavy atom. The van der Waals surface area contributed by atoms with Crippen LogP contribution in [0.2, 0.25) is 0 Å². The number of hydrogen-bond donors (Lipinski definition) is 2. The third kappa shape index (κ3) is 4.39. The molecule has 0 aliphatic carbocycles. The topological polar surface area (TPSA) is 88.5 Å². The highest BCUT2D eigenvalue weighted by Gasteiger charge is 2.42. The summed E-state index contributed by atoms with van der Waals surface area (Å²) in [7, 11) is 0. The van der Waals surface area contributed by atoms with Gasteiger partial charge in [-0.05, 0) is 36.8 Å². The first-order chi connectivity index (χ1) is 14.8. The van der Waals surface area contributed by atoms with Crippen molar-refractivity contribution in [3.05, 3.63) is 71.6 Å². The van der Waals surface area contributed by atoms with Gasteiger partial charge in [0, 0.05) is 13.0 Å². The van der Waals surface area contributed by atoms with Crippen LogP contribution in [0, 0.1) is 5.82 Å². The number of halogens is 4. The van der Waals surface area contributed by atoms with Gasteiger partial charge in [-0.1, -0.05) is 23.4 Å². The molecule has 4 rings (SSSR count). The molecular weight excluding hydrogens is 416 g/mol. The highest BCUT2D eigenvalue weighted by Crippen LogP contribution is 2.32. The molecule has 0 fully saturated rings. The van der Waals surface area contributed by atoms with Crippen LogP contribution in [-0.2, 0) is 12.6 Å². The van der Waals surface area contributed by atoms with Crippen LogP contribution in [0.15, 0.2) is 48.5 Å². The number of aromatic amines is 1. The molecule has 2 aromatic carbocycles. The number of carbonyl (C=O) groups is 1. The predicted octanol–water partition coefficient (Wildman–Crippen LogP) is 3.66. The molecule has 2 heterocycles. The molecule has 4 aromatic rings. The van der Waals surface area contributed by atoms with Gasteiger partial charge in [-0.3, -0.25) is 4.79 Å². The van der Waals surface area contributed by atoms with Crippen LogP contribution in [0.4, 0.5) is 17.6 Å². The van der Waals surface area contributed by atoms with Crippen LogP contribution in [0.1, 0.15) is 28.4 Å². The third-order valence-electron chi connectivity index (χ3n) is 4.52. The van der Waals surface area contributed by atoms with Crippen molar-refractivity contribution >= 4 is 16.9 Å². The summed E-state index contributed by atoms with van der Waals surface area (Å²) >= 11 is 0. The lowest BCUT2D eigenvalue weighted by Crippen LogP contribution is -2.28. The SMILES string of the molecule is O=C(NCCCc1nc2ccccc2[nH]1)c1nnn(-c2cccc(F)c2)c1C(F)(F)F. The molecule has 160 valence electrons. The number of imidazole rings is 1. The molecular formula is C20H16F4N6O. The number of H-pyrrole nitrogens is 1. The van der Waals surface area contributed by atoms with Crippen LogP contribution < -0.4 is 5.32 Å². The fraction of sp³-hybridized carbons (Fsp3) is 0.200. The summed E-state index contributed by atoms with van der Waals surface area (Å²) in [5.74, 6) is -1.04. The zero-order valence-electron chi connectivity index (χ0n) is 15.9. The van der Waals surface area contributed by atoms with E-state index in [0.29, 0.717) is 23.3 Å². The number of nitrogens with zero attached hydrogens (tertiary/aromatic N) is 4. The average molecular weight is 432 g/mol. The molecule has 11 heteroatoms. The molecule has 0 saturated heterocycles. The minimum atomic E-state index is -4.92. The van der Waals surface area contributed by atoms with E-state index in [1.165, 1.54) is 12.1 Å². The Kier molecular flexibility index (Phi) is 5.40. The molecule has 7 nitrogen and oxygen atoms in total. The second-order valence-corrected chi connectivity index (χ2v) is 6.74. The van der Waals surface area contributed by atoms with Crippen molar-refractivity contribution in [2.75, 3.05) is 6.54 Å². The van der Waals surface area contributed by atoms with Gasteiger partial charge < -0.3 is 10.3 Å². The molecule has 1 amide bonds. The number of carbonyl (C=O) groups excluding carboxylic acids is 1. The summed E-state index contributed by atoms with van der Waals surface area (Å²) in [5.41, 5.74) is -0.743. The number of nitrogens with one attached hydrogen (secondary N) is 2. The number of hydrogen-bond acceptors (Lipinski definition) is 4. The van der Waals surface area contributed by atoms with Gasteiger partial charge in [-0.25, -0.2) is 14.1 Å². The van der Waals surface area contributed by atoms with E-state index < -0.39 is 29.3 Å². The Bertz CT molecular complexity index is 1200. The second-order valence-electron chi connectivity index (χ2n) is 6.74. The molecule has 0 aliphatic rings. The fourth-order valence-corrected chi connectivity index (χ4v) is 3.14. The molecule has 0 radical (unpaired) electrons. The Morgan fingerprint density at radius 2 is 1.94 bits per heavy atom. The molecule has 0 saturated carbocycles. The minimum Gasteiger partial charge on any atom is -0.351 e. The lowest BCUT2D eigenvalue weighted by atomic mass is 10.2. The number of amides is 1. The van der Waals surface area contributed by atoms with Crippen LogP contribution in [0.3, 0.4) is 0 Å². The van der Waals surface area contributed by atoms with E-state index in [-0.39, 0.29) is 12.2 Å². The zero-order valence-corrected chi connectivity index (χ0v) is 15.9. The molecule has 31 heavy (non-hydrogen) atoms.